The minimum absolute atomic E-state index is 0.450. The van der Waals surface area contributed by atoms with Crippen LogP contribution in [0.4, 0.5) is 0 Å². The van der Waals surface area contributed by atoms with Gasteiger partial charge < -0.3 is 0 Å². The zero-order valence-corrected chi connectivity index (χ0v) is 11.6. The van der Waals surface area contributed by atoms with Gasteiger partial charge in [-0.2, -0.15) is 0 Å². The molecule has 0 spiro atoms. The molecule has 2 heteroatoms. The van der Waals surface area contributed by atoms with Gasteiger partial charge in [0.15, 0.2) is 0 Å². The monoisotopic (exact) mass is 220 g/mol. The van der Waals surface area contributed by atoms with E-state index >= 15 is 0 Å². The minimum Gasteiger partial charge on any atom is -0.0939 e. The molecule has 0 aliphatic heterocycles. The van der Waals surface area contributed by atoms with Crippen molar-refractivity contribution >= 4 is 21.6 Å². The molecule has 0 amide bonds. The van der Waals surface area contributed by atoms with E-state index in [1.807, 2.05) is 10.8 Å². The predicted octanol–water partition coefficient (Wildman–Crippen LogP) is 4.99. The molecule has 0 aliphatic carbocycles. The van der Waals surface area contributed by atoms with Crippen molar-refractivity contribution in [1.29, 1.82) is 0 Å². The van der Waals surface area contributed by atoms with Crippen LogP contribution in [0.3, 0.4) is 0 Å². The lowest BCUT2D eigenvalue weighted by Gasteiger charge is -2.33. The van der Waals surface area contributed by atoms with Gasteiger partial charge in [-0.15, -0.1) is 0 Å². The Labute approximate surface area is 92.0 Å². The van der Waals surface area contributed by atoms with Crippen LogP contribution in [-0.2, 0) is 0 Å². The van der Waals surface area contributed by atoms with E-state index in [9.17, 15) is 0 Å². The summed E-state index contributed by atoms with van der Waals surface area (Å²) >= 11 is 0. The van der Waals surface area contributed by atoms with Crippen molar-refractivity contribution in [2.24, 2.45) is 5.41 Å². The summed E-state index contributed by atoms with van der Waals surface area (Å²) in [6.07, 6.45) is 2.57. The summed E-state index contributed by atoms with van der Waals surface area (Å²) in [6, 6.07) is 0. The van der Waals surface area contributed by atoms with Gasteiger partial charge in [0, 0.05) is 10.5 Å². The third-order valence-corrected chi connectivity index (χ3v) is 5.49. The first kappa shape index (κ1) is 13.7. The maximum Gasteiger partial charge on any atom is 0.0237 e. The first-order chi connectivity index (χ1) is 5.83. The summed E-state index contributed by atoms with van der Waals surface area (Å²) in [4.78, 5) is 0. The normalized spacial score (nSPS) is 17.1. The second-order valence-electron chi connectivity index (χ2n) is 5.03. The van der Waals surface area contributed by atoms with Gasteiger partial charge in [-0.25, -0.2) is 0 Å². The Bertz CT molecular complexity index is 138. The summed E-state index contributed by atoms with van der Waals surface area (Å²) in [6.45, 7) is 13.9. The van der Waals surface area contributed by atoms with Gasteiger partial charge in [-0.05, 0) is 25.2 Å². The molecular formula is C11H24S2. The Morgan fingerprint density at radius 2 is 1.54 bits per heavy atom. The van der Waals surface area contributed by atoms with E-state index in [0.29, 0.717) is 10.2 Å². The van der Waals surface area contributed by atoms with Crippen molar-refractivity contribution in [1.82, 2.24) is 0 Å². The Kier molecular flexibility index (Phi) is 5.85. The van der Waals surface area contributed by atoms with Crippen LogP contribution in [0.2, 0.25) is 0 Å². The van der Waals surface area contributed by atoms with E-state index in [1.165, 1.54) is 18.6 Å². The molecule has 0 aromatic heterocycles. The largest absolute Gasteiger partial charge is 0.0939 e. The smallest absolute Gasteiger partial charge is 0.0237 e. The Morgan fingerprint density at radius 3 is 1.85 bits per heavy atom. The third kappa shape index (κ3) is 6.73. The van der Waals surface area contributed by atoms with E-state index < -0.39 is 0 Å². The molecule has 0 fully saturated rings. The molecule has 0 bridgehead atoms. The Balaban J connectivity index is 4.11. The van der Waals surface area contributed by atoms with E-state index in [2.05, 4.69) is 52.3 Å². The van der Waals surface area contributed by atoms with Crippen LogP contribution in [0.5, 0.6) is 0 Å². The average molecular weight is 220 g/mol. The molecule has 0 aliphatic rings. The third-order valence-electron chi connectivity index (χ3n) is 2.03. The zero-order valence-electron chi connectivity index (χ0n) is 9.94. The Hall–Kier alpha value is 0.700. The highest BCUT2D eigenvalue weighted by molar-refractivity contribution is 8.77. The van der Waals surface area contributed by atoms with Crippen LogP contribution < -0.4 is 0 Å². The van der Waals surface area contributed by atoms with E-state index in [4.69, 9.17) is 0 Å². The molecule has 0 aromatic rings. The molecule has 13 heavy (non-hydrogen) atoms. The van der Waals surface area contributed by atoms with Crippen molar-refractivity contribution < 1.29 is 0 Å². The summed E-state index contributed by atoms with van der Waals surface area (Å²) in [5.74, 6) is 1.21. The maximum atomic E-state index is 2.39. The van der Waals surface area contributed by atoms with Gasteiger partial charge in [-0.3, -0.25) is 0 Å². The van der Waals surface area contributed by atoms with Gasteiger partial charge in [0.1, 0.15) is 0 Å². The van der Waals surface area contributed by atoms with Crippen LogP contribution >= 0.6 is 21.6 Å². The van der Waals surface area contributed by atoms with Gasteiger partial charge in [0.05, 0.1) is 0 Å². The molecule has 1 unspecified atom stereocenters. The van der Waals surface area contributed by atoms with Crippen LogP contribution in [0.1, 0.15) is 54.4 Å². The van der Waals surface area contributed by atoms with Crippen LogP contribution in [0.15, 0.2) is 0 Å². The van der Waals surface area contributed by atoms with Crippen molar-refractivity contribution in [3.05, 3.63) is 0 Å². The SMILES string of the molecule is CCSSC(C)(CC)CC(C)(C)C. The molecule has 80 valence electrons. The summed E-state index contributed by atoms with van der Waals surface area (Å²) in [7, 11) is 4.06. The lowest BCUT2D eigenvalue weighted by Crippen LogP contribution is -2.25. The highest BCUT2D eigenvalue weighted by Crippen LogP contribution is 2.45. The highest BCUT2D eigenvalue weighted by Gasteiger charge is 2.28. The minimum atomic E-state index is 0.450. The second-order valence-corrected chi connectivity index (χ2v) is 8.20. The van der Waals surface area contributed by atoms with Crippen molar-refractivity contribution in [2.45, 2.75) is 59.1 Å². The fourth-order valence-electron chi connectivity index (χ4n) is 1.54. The first-order valence-electron chi connectivity index (χ1n) is 5.13. The molecular weight excluding hydrogens is 196 g/mol. The van der Waals surface area contributed by atoms with E-state index in [-0.39, 0.29) is 0 Å². The molecule has 0 saturated heterocycles. The molecule has 0 heterocycles. The quantitative estimate of drug-likeness (QED) is 0.598. The van der Waals surface area contributed by atoms with Gasteiger partial charge >= 0.3 is 0 Å². The van der Waals surface area contributed by atoms with E-state index in [0.717, 1.165) is 0 Å². The number of rotatable bonds is 5. The first-order valence-corrected chi connectivity index (χ1v) is 7.45. The standard InChI is InChI=1S/C11H24S2/c1-7-11(6,13-12-8-2)9-10(3,4)5/h7-9H2,1-6H3. The number of hydrogen-bond donors (Lipinski definition) is 0. The summed E-state index contributed by atoms with van der Waals surface area (Å²) < 4.78 is 0.457. The Morgan fingerprint density at radius 1 is 1.00 bits per heavy atom. The maximum absolute atomic E-state index is 2.39. The lowest BCUT2D eigenvalue weighted by atomic mass is 9.84. The fourth-order valence-corrected chi connectivity index (χ4v) is 4.29. The van der Waals surface area contributed by atoms with Crippen LogP contribution in [0, 0.1) is 5.41 Å². The van der Waals surface area contributed by atoms with Crippen molar-refractivity contribution in [3.63, 3.8) is 0 Å². The molecule has 0 N–H and O–H groups in total. The average Bonchev–Trinajstić information content (AvgIpc) is 1.98. The molecule has 0 saturated carbocycles. The predicted molar refractivity (Wildman–Crippen MR) is 68.5 cm³/mol. The molecule has 0 nitrogen and oxygen atoms in total. The van der Waals surface area contributed by atoms with E-state index in [1.54, 1.807) is 0 Å². The van der Waals surface area contributed by atoms with Gasteiger partial charge in [0.2, 0.25) is 0 Å². The molecule has 0 aromatic carbocycles. The molecule has 0 rings (SSSR count). The summed E-state index contributed by atoms with van der Waals surface area (Å²) in [5, 5.41) is 0. The van der Waals surface area contributed by atoms with Crippen molar-refractivity contribution in [2.75, 3.05) is 5.75 Å². The van der Waals surface area contributed by atoms with Gasteiger partial charge in [0.25, 0.3) is 0 Å². The van der Waals surface area contributed by atoms with Crippen LogP contribution in [0.25, 0.3) is 0 Å². The highest BCUT2D eigenvalue weighted by atomic mass is 33.1. The molecule has 1 atom stereocenters. The van der Waals surface area contributed by atoms with Crippen LogP contribution in [-0.4, -0.2) is 10.5 Å². The number of hydrogen-bond acceptors (Lipinski definition) is 2. The lowest BCUT2D eigenvalue weighted by molar-refractivity contribution is 0.325. The van der Waals surface area contributed by atoms with Gasteiger partial charge in [-0.1, -0.05) is 56.2 Å². The zero-order chi connectivity index (χ0) is 10.5. The second kappa shape index (κ2) is 5.55. The topological polar surface area (TPSA) is 0 Å². The molecule has 0 radical (unpaired) electrons. The van der Waals surface area contributed by atoms with Crippen molar-refractivity contribution in [3.8, 4) is 0 Å². The summed E-state index contributed by atoms with van der Waals surface area (Å²) in [5.41, 5.74) is 0.450. The fraction of sp³-hybridized carbons (Fsp3) is 1.00.